The van der Waals surface area contributed by atoms with Crippen molar-refractivity contribution in [1.82, 2.24) is 15.1 Å². The Morgan fingerprint density at radius 1 is 1.12 bits per heavy atom. The van der Waals surface area contributed by atoms with Gasteiger partial charge in [0.2, 0.25) is 5.91 Å². The van der Waals surface area contributed by atoms with Gasteiger partial charge >= 0.3 is 6.09 Å². The molecule has 137 valence electrons. The first-order chi connectivity index (χ1) is 11.3. The Labute approximate surface area is 145 Å². The highest BCUT2D eigenvalue weighted by atomic mass is 16.6. The molecule has 1 aliphatic heterocycles. The first-order valence-corrected chi connectivity index (χ1v) is 9.15. The molecule has 0 bridgehead atoms. The van der Waals surface area contributed by atoms with Crippen molar-refractivity contribution in [2.24, 2.45) is 0 Å². The summed E-state index contributed by atoms with van der Waals surface area (Å²) in [5.74, 6) is 0.150. The molecule has 1 radical (unpaired) electrons. The van der Waals surface area contributed by atoms with Crippen molar-refractivity contribution in [2.75, 3.05) is 32.7 Å². The van der Waals surface area contributed by atoms with E-state index in [-0.39, 0.29) is 12.0 Å². The molecule has 2 fully saturated rings. The van der Waals surface area contributed by atoms with E-state index in [0.29, 0.717) is 25.6 Å². The van der Waals surface area contributed by atoms with Gasteiger partial charge in [0, 0.05) is 45.2 Å². The van der Waals surface area contributed by atoms with Crippen LogP contribution in [0, 0.1) is 6.42 Å². The van der Waals surface area contributed by atoms with Gasteiger partial charge in [-0.2, -0.15) is 0 Å². The number of nitrogens with one attached hydrogen (secondary N) is 1. The third kappa shape index (κ3) is 6.67. The van der Waals surface area contributed by atoms with Crippen LogP contribution in [0.3, 0.4) is 0 Å². The van der Waals surface area contributed by atoms with Crippen LogP contribution in [-0.4, -0.2) is 66.2 Å². The number of ether oxygens (including phenoxy) is 1. The van der Waals surface area contributed by atoms with E-state index in [1.165, 1.54) is 0 Å². The predicted octanol–water partition coefficient (Wildman–Crippen LogP) is 2.19. The summed E-state index contributed by atoms with van der Waals surface area (Å²) in [5, 5.41) is 3.14. The molecule has 1 heterocycles. The Bertz CT molecular complexity index is 420. The van der Waals surface area contributed by atoms with Crippen LogP contribution in [0.1, 0.15) is 52.9 Å². The van der Waals surface area contributed by atoms with Gasteiger partial charge in [0.15, 0.2) is 0 Å². The van der Waals surface area contributed by atoms with E-state index in [1.807, 2.05) is 20.8 Å². The number of rotatable bonds is 4. The van der Waals surface area contributed by atoms with Gasteiger partial charge in [0.1, 0.15) is 5.60 Å². The highest BCUT2D eigenvalue weighted by Crippen LogP contribution is 2.16. The molecule has 6 heteroatoms. The molecular weight excluding hydrogens is 306 g/mol. The van der Waals surface area contributed by atoms with E-state index in [2.05, 4.69) is 16.6 Å². The first kappa shape index (κ1) is 19.0. The maximum Gasteiger partial charge on any atom is 0.410 e. The molecule has 6 nitrogen and oxygen atoms in total. The molecule has 2 amide bonds. The summed E-state index contributed by atoms with van der Waals surface area (Å²) in [6.07, 6.45) is 6.95. The fourth-order valence-corrected chi connectivity index (χ4v) is 3.11. The number of hydrogen-bond acceptors (Lipinski definition) is 4. The normalized spacial score (nSPS) is 20.7. The van der Waals surface area contributed by atoms with Gasteiger partial charge < -0.3 is 15.0 Å². The van der Waals surface area contributed by atoms with Gasteiger partial charge in [0.05, 0.1) is 0 Å². The second kappa shape index (κ2) is 8.70. The number of carbonyl (C=O) groups is 2. The van der Waals surface area contributed by atoms with E-state index in [0.717, 1.165) is 45.3 Å². The number of carbonyl (C=O) groups excluding carboxylic acids is 2. The van der Waals surface area contributed by atoms with E-state index >= 15 is 0 Å². The lowest BCUT2D eigenvalue weighted by atomic mass is 9.95. The molecular formula is C18H32N3O3. The van der Waals surface area contributed by atoms with Crippen LogP contribution in [-0.2, 0) is 9.53 Å². The fraction of sp³-hybridized carbons (Fsp3) is 0.833. The van der Waals surface area contributed by atoms with Gasteiger partial charge in [-0.25, -0.2) is 4.79 Å². The molecule has 0 aromatic rings. The fourth-order valence-electron chi connectivity index (χ4n) is 3.11. The number of piperazine rings is 1. The topological polar surface area (TPSA) is 61.9 Å². The average Bonchev–Trinajstić information content (AvgIpc) is 2.53. The summed E-state index contributed by atoms with van der Waals surface area (Å²) in [5.41, 5.74) is -0.455. The highest BCUT2D eigenvalue weighted by Gasteiger charge is 2.26. The van der Waals surface area contributed by atoms with Crippen molar-refractivity contribution >= 4 is 12.0 Å². The molecule has 2 rings (SSSR count). The lowest BCUT2D eigenvalue weighted by molar-refractivity contribution is -0.122. The Kier molecular flexibility index (Phi) is 6.90. The van der Waals surface area contributed by atoms with E-state index < -0.39 is 5.60 Å². The zero-order chi connectivity index (χ0) is 17.6. The largest absolute Gasteiger partial charge is 0.444 e. The van der Waals surface area contributed by atoms with Crippen LogP contribution < -0.4 is 5.32 Å². The number of nitrogens with zero attached hydrogens (tertiary/aromatic N) is 2. The minimum absolute atomic E-state index is 0.150. The Morgan fingerprint density at radius 2 is 1.75 bits per heavy atom. The van der Waals surface area contributed by atoms with Gasteiger partial charge in [-0.15, -0.1) is 0 Å². The van der Waals surface area contributed by atoms with Crippen molar-refractivity contribution < 1.29 is 14.3 Å². The number of hydrogen-bond donors (Lipinski definition) is 1. The average molecular weight is 338 g/mol. The smallest absolute Gasteiger partial charge is 0.410 e. The summed E-state index contributed by atoms with van der Waals surface area (Å²) in [6, 6.07) is 0.353. The van der Waals surface area contributed by atoms with Crippen molar-refractivity contribution in [2.45, 2.75) is 64.5 Å². The Balaban J connectivity index is 1.62. The molecule has 0 aromatic heterocycles. The van der Waals surface area contributed by atoms with E-state index in [4.69, 9.17) is 4.74 Å². The molecule has 1 N–H and O–H groups in total. The molecule has 0 atom stereocenters. The van der Waals surface area contributed by atoms with Crippen molar-refractivity contribution in [3.8, 4) is 0 Å². The van der Waals surface area contributed by atoms with Crippen LogP contribution in [0.5, 0.6) is 0 Å². The van der Waals surface area contributed by atoms with E-state index in [9.17, 15) is 9.59 Å². The number of amides is 2. The highest BCUT2D eigenvalue weighted by molar-refractivity contribution is 5.76. The van der Waals surface area contributed by atoms with Gasteiger partial charge in [-0.3, -0.25) is 9.69 Å². The molecule has 0 spiro atoms. The summed E-state index contributed by atoms with van der Waals surface area (Å²) in [4.78, 5) is 28.1. The first-order valence-electron chi connectivity index (χ1n) is 9.15. The minimum atomic E-state index is -0.455. The van der Waals surface area contributed by atoms with Crippen LogP contribution in [0.15, 0.2) is 0 Å². The molecule has 1 aliphatic carbocycles. The third-order valence-corrected chi connectivity index (χ3v) is 4.48. The quantitative estimate of drug-likeness (QED) is 0.853. The maximum absolute atomic E-state index is 12.1. The summed E-state index contributed by atoms with van der Waals surface area (Å²) < 4.78 is 5.40. The summed E-state index contributed by atoms with van der Waals surface area (Å²) in [7, 11) is 0. The summed E-state index contributed by atoms with van der Waals surface area (Å²) >= 11 is 0. The molecule has 0 unspecified atom stereocenters. The Morgan fingerprint density at radius 3 is 2.33 bits per heavy atom. The van der Waals surface area contributed by atoms with Crippen molar-refractivity contribution in [3.63, 3.8) is 0 Å². The molecule has 0 aromatic carbocycles. The second-order valence-electron chi connectivity index (χ2n) is 7.77. The lowest BCUT2D eigenvalue weighted by Crippen LogP contribution is -2.50. The van der Waals surface area contributed by atoms with Gasteiger partial charge in [0.25, 0.3) is 0 Å². The SMILES string of the molecule is CC(C)(C)OC(=O)N1CCN(CCC(=O)NC2CC[CH]CC2)CC1. The predicted molar refractivity (Wildman–Crippen MR) is 93.6 cm³/mol. The zero-order valence-electron chi connectivity index (χ0n) is 15.3. The van der Waals surface area contributed by atoms with Gasteiger partial charge in [-0.1, -0.05) is 0 Å². The monoisotopic (exact) mass is 338 g/mol. The van der Waals surface area contributed by atoms with Crippen LogP contribution in [0.25, 0.3) is 0 Å². The van der Waals surface area contributed by atoms with Gasteiger partial charge in [-0.05, 0) is 52.9 Å². The molecule has 1 saturated carbocycles. The lowest BCUT2D eigenvalue weighted by Gasteiger charge is -2.35. The zero-order valence-corrected chi connectivity index (χ0v) is 15.3. The molecule has 1 saturated heterocycles. The summed E-state index contributed by atoms with van der Waals surface area (Å²) in [6.45, 7) is 9.31. The molecule has 24 heavy (non-hydrogen) atoms. The maximum atomic E-state index is 12.1. The van der Waals surface area contributed by atoms with E-state index in [1.54, 1.807) is 4.90 Å². The van der Waals surface area contributed by atoms with Crippen LogP contribution in [0.4, 0.5) is 4.79 Å². The third-order valence-electron chi connectivity index (χ3n) is 4.48. The van der Waals surface area contributed by atoms with Crippen molar-refractivity contribution in [1.29, 1.82) is 0 Å². The minimum Gasteiger partial charge on any atom is -0.444 e. The standard InChI is InChI=1S/C18H32N3O3/c1-18(2,3)24-17(23)21-13-11-20(12-14-21)10-9-16(22)19-15-7-5-4-6-8-15/h4,15H,5-14H2,1-3H3,(H,19,22). The Hall–Kier alpha value is -1.30. The van der Waals surface area contributed by atoms with Crippen LogP contribution >= 0.6 is 0 Å². The molecule has 2 aliphatic rings. The van der Waals surface area contributed by atoms with Crippen molar-refractivity contribution in [3.05, 3.63) is 6.42 Å². The van der Waals surface area contributed by atoms with Crippen LogP contribution in [0.2, 0.25) is 0 Å². The second-order valence-corrected chi connectivity index (χ2v) is 7.77.